The number of esters is 1. The average Bonchev–Trinajstić information content (AvgIpc) is 3.35. The van der Waals surface area contributed by atoms with E-state index >= 15 is 0 Å². The molecular formula is C33H43N3O3. The molecule has 2 aromatic carbocycles. The van der Waals surface area contributed by atoms with Gasteiger partial charge in [0.05, 0.1) is 18.0 Å². The van der Waals surface area contributed by atoms with E-state index in [4.69, 9.17) is 14.5 Å². The van der Waals surface area contributed by atoms with Crippen LogP contribution in [0.2, 0.25) is 0 Å². The number of allylic oxidation sites excluding steroid dienone is 1. The molecule has 0 spiro atoms. The van der Waals surface area contributed by atoms with E-state index in [0.29, 0.717) is 5.92 Å². The highest BCUT2D eigenvalue weighted by atomic mass is 16.6. The van der Waals surface area contributed by atoms with Crippen LogP contribution in [-0.2, 0) is 16.0 Å². The Kier molecular flexibility index (Phi) is 7.86. The summed E-state index contributed by atoms with van der Waals surface area (Å²) in [5.74, 6) is 2.38. The van der Waals surface area contributed by atoms with E-state index in [1.165, 1.54) is 17.6 Å². The number of hydrogen-bond acceptors (Lipinski definition) is 5. The number of methoxy groups -OCH3 is 1. The number of fused-ring (bicyclic) bond motifs is 3. The van der Waals surface area contributed by atoms with Crippen LogP contribution in [-0.4, -0.2) is 53.7 Å². The van der Waals surface area contributed by atoms with Crippen LogP contribution in [0.15, 0.2) is 54.6 Å². The zero-order valence-corrected chi connectivity index (χ0v) is 24.1. The Morgan fingerprint density at radius 2 is 1.90 bits per heavy atom. The van der Waals surface area contributed by atoms with Crippen LogP contribution < -0.4 is 4.74 Å². The first kappa shape index (κ1) is 27.4. The van der Waals surface area contributed by atoms with Gasteiger partial charge in [-0.3, -0.25) is 4.79 Å². The van der Waals surface area contributed by atoms with Crippen LogP contribution in [0.5, 0.6) is 5.75 Å². The Bertz CT molecular complexity index is 1320. The maximum Gasteiger partial charge on any atom is 0.311 e. The molecular weight excluding hydrogens is 486 g/mol. The maximum absolute atomic E-state index is 13.2. The second-order valence-electron chi connectivity index (χ2n) is 12.5. The molecule has 1 aromatic heterocycles. The van der Waals surface area contributed by atoms with Gasteiger partial charge < -0.3 is 19.4 Å². The highest BCUT2D eigenvalue weighted by Gasteiger charge is 2.51. The summed E-state index contributed by atoms with van der Waals surface area (Å²) in [7, 11) is 3.85. The minimum Gasteiger partial charge on any atom is -0.494 e. The molecule has 3 aliphatic rings. The van der Waals surface area contributed by atoms with Gasteiger partial charge in [-0.15, -0.1) is 0 Å². The Morgan fingerprint density at radius 1 is 1.10 bits per heavy atom. The van der Waals surface area contributed by atoms with Crippen LogP contribution in [0.25, 0.3) is 16.6 Å². The van der Waals surface area contributed by atoms with Crippen LogP contribution in [0.4, 0.5) is 0 Å². The molecule has 0 unspecified atom stereocenters. The van der Waals surface area contributed by atoms with Gasteiger partial charge in [-0.05, 0) is 89.2 Å². The number of aromatic amines is 1. The van der Waals surface area contributed by atoms with E-state index in [-0.39, 0.29) is 11.9 Å². The number of imidazole rings is 1. The van der Waals surface area contributed by atoms with Gasteiger partial charge in [0.2, 0.25) is 0 Å². The number of carbonyl (C=O) groups excluding carboxylic acids is 1. The molecule has 6 heteroatoms. The van der Waals surface area contributed by atoms with Gasteiger partial charge in [0.15, 0.2) is 0 Å². The molecule has 6 nitrogen and oxygen atoms in total. The Hall–Kier alpha value is -3.12. The lowest BCUT2D eigenvalue weighted by atomic mass is 9.60. The minimum absolute atomic E-state index is 0.0901. The highest BCUT2D eigenvalue weighted by molar-refractivity contribution is 5.81. The molecule has 1 fully saturated rings. The van der Waals surface area contributed by atoms with Gasteiger partial charge in [-0.2, -0.15) is 0 Å². The molecule has 39 heavy (non-hydrogen) atoms. The fourth-order valence-corrected chi connectivity index (χ4v) is 6.27. The highest BCUT2D eigenvalue weighted by Crippen LogP contribution is 2.53. The molecule has 1 saturated carbocycles. The zero-order chi connectivity index (χ0) is 27.6. The summed E-state index contributed by atoms with van der Waals surface area (Å²) in [5, 5.41) is 0. The Balaban J connectivity index is 1.24. The number of para-hydroxylation sites is 1. The number of aryl methyl sites for hydroxylation is 1. The smallest absolute Gasteiger partial charge is 0.311 e. The predicted molar refractivity (Wildman–Crippen MR) is 157 cm³/mol. The molecule has 3 aromatic rings. The Labute approximate surface area is 232 Å². The van der Waals surface area contributed by atoms with Crippen molar-refractivity contribution in [1.82, 2.24) is 14.9 Å². The normalized spacial score (nSPS) is 22.8. The monoisotopic (exact) mass is 529 g/mol. The number of H-pyrrole nitrogens is 1. The third kappa shape index (κ3) is 5.91. The summed E-state index contributed by atoms with van der Waals surface area (Å²) in [6, 6.07) is 16.7. The molecule has 0 saturated heterocycles. The van der Waals surface area contributed by atoms with E-state index in [0.717, 1.165) is 67.8 Å². The van der Waals surface area contributed by atoms with E-state index in [1.54, 1.807) is 7.11 Å². The lowest BCUT2D eigenvalue weighted by Gasteiger charge is -2.51. The number of rotatable bonds is 10. The summed E-state index contributed by atoms with van der Waals surface area (Å²) in [6.45, 7) is 7.71. The molecule has 2 bridgehead atoms. The molecule has 208 valence electrons. The van der Waals surface area contributed by atoms with Gasteiger partial charge >= 0.3 is 5.97 Å². The molecule has 3 aliphatic carbocycles. The summed E-state index contributed by atoms with van der Waals surface area (Å²) >= 11 is 0. The standard InChI is InChI=1S/C33H43N3O3/c1-32(2,3)31(37)39-33(22-24-16-17-25(33)21-26(24)23-11-7-6-8-12-23)18-20-36(4)19-10-15-29-34-27-13-9-14-28(38-5)30(27)35-29/h6-9,11-14,21,24-25H,10,15-20,22H2,1-5H3,(H,34,35)/t24-,25-,33+/m0/s1. The van der Waals surface area contributed by atoms with Crippen molar-refractivity contribution in [3.05, 3.63) is 66.0 Å². The molecule has 0 amide bonds. The minimum atomic E-state index is -0.517. The van der Waals surface area contributed by atoms with E-state index in [9.17, 15) is 4.79 Å². The first-order valence-electron chi connectivity index (χ1n) is 14.4. The van der Waals surface area contributed by atoms with Crippen molar-refractivity contribution in [2.45, 2.75) is 64.9 Å². The lowest BCUT2D eigenvalue weighted by Crippen LogP contribution is -2.52. The quantitative estimate of drug-likeness (QED) is 0.297. The van der Waals surface area contributed by atoms with Crippen LogP contribution in [0.3, 0.4) is 0 Å². The van der Waals surface area contributed by atoms with E-state index < -0.39 is 11.0 Å². The summed E-state index contributed by atoms with van der Waals surface area (Å²) < 4.78 is 12.0. The van der Waals surface area contributed by atoms with Gasteiger partial charge in [0.25, 0.3) is 0 Å². The number of hydrogen-bond donors (Lipinski definition) is 1. The van der Waals surface area contributed by atoms with Crippen LogP contribution >= 0.6 is 0 Å². The van der Waals surface area contributed by atoms with Crippen molar-refractivity contribution in [1.29, 1.82) is 0 Å². The SMILES string of the molecule is COc1cccc2[nH]c(CCCN(C)CC[C@@]3(OC(=O)C(C)(C)C)C[C@@H]4CC[C@H]3C=C4c3ccccc3)nc12. The number of carbonyl (C=O) groups is 1. The van der Waals surface area contributed by atoms with Gasteiger partial charge in [0.1, 0.15) is 22.7 Å². The molecule has 1 N–H and O–H groups in total. The molecule has 6 rings (SSSR count). The first-order valence-corrected chi connectivity index (χ1v) is 14.4. The van der Waals surface area contributed by atoms with Crippen molar-refractivity contribution in [3.8, 4) is 5.75 Å². The number of benzene rings is 2. The first-order chi connectivity index (χ1) is 18.7. The van der Waals surface area contributed by atoms with Crippen molar-refractivity contribution in [2.75, 3.05) is 27.2 Å². The molecule has 3 atom stereocenters. The van der Waals surface area contributed by atoms with Crippen molar-refractivity contribution in [3.63, 3.8) is 0 Å². The maximum atomic E-state index is 13.2. The van der Waals surface area contributed by atoms with Crippen molar-refractivity contribution >= 4 is 22.6 Å². The number of nitrogens with one attached hydrogen (secondary N) is 1. The summed E-state index contributed by atoms with van der Waals surface area (Å²) in [6.07, 6.45) is 8.31. The fourth-order valence-electron chi connectivity index (χ4n) is 6.27. The largest absolute Gasteiger partial charge is 0.494 e. The number of aromatic nitrogens is 2. The predicted octanol–water partition coefficient (Wildman–Crippen LogP) is 6.67. The number of nitrogens with zero attached hydrogens (tertiary/aromatic N) is 2. The second kappa shape index (κ2) is 11.2. The van der Waals surface area contributed by atoms with Gasteiger partial charge in [-0.1, -0.05) is 42.5 Å². The summed E-state index contributed by atoms with van der Waals surface area (Å²) in [5.41, 5.74) is 3.69. The molecule has 0 aliphatic heterocycles. The second-order valence-corrected chi connectivity index (χ2v) is 12.5. The van der Waals surface area contributed by atoms with E-state index in [2.05, 4.69) is 53.3 Å². The molecule has 0 radical (unpaired) electrons. The van der Waals surface area contributed by atoms with Crippen molar-refractivity contribution in [2.24, 2.45) is 17.3 Å². The van der Waals surface area contributed by atoms with Crippen LogP contribution in [0.1, 0.15) is 64.3 Å². The zero-order valence-electron chi connectivity index (χ0n) is 24.1. The lowest BCUT2D eigenvalue weighted by molar-refractivity contribution is -0.182. The van der Waals surface area contributed by atoms with Crippen LogP contribution in [0, 0.1) is 17.3 Å². The third-order valence-electron chi connectivity index (χ3n) is 8.54. The average molecular weight is 530 g/mol. The topological polar surface area (TPSA) is 67.4 Å². The van der Waals surface area contributed by atoms with Gasteiger partial charge in [0, 0.05) is 25.3 Å². The molecule has 1 heterocycles. The fraction of sp³-hybridized carbons (Fsp3) is 0.515. The van der Waals surface area contributed by atoms with Gasteiger partial charge in [-0.25, -0.2) is 4.98 Å². The van der Waals surface area contributed by atoms with Crippen molar-refractivity contribution < 1.29 is 14.3 Å². The summed E-state index contributed by atoms with van der Waals surface area (Å²) in [4.78, 5) is 23.8. The van der Waals surface area contributed by atoms with E-state index in [1.807, 2.05) is 39.0 Å². The third-order valence-corrected chi connectivity index (χ3v) is 8.54. The number of ether oxygens (including phenoxy) is 2. The Morgan fingerprint density at radius 3 is 2.59 bits per heavy atom.